The highest BCUT2D eigenvalue weighted by molar-refractivity contribution is 9.11. The topological polar surface area (TPSA) is 63.2 Å². The van der Waals surface area contributed by atoms with Crippen LogP contribution in [0.2, 0.25) is 0 Å². The lowest BCUT2D eigenvalue weighted by atomic mass is 10.0. The molecule has 0 fully saturated rings. The van der Waals surface area contributed by atoms with Gasteiger partial charge in [0.2, 0.25) is 0 Å². The molecule has 1 heterocycles. The van der Waals surface area contributed by atoms with Crippen molar-refractivity contribution in [3.8, 4) is 0 Å². The lowest BCUT2D eigenvalue weighted by Gasteiger charge is -2.15. The van der Waals surface area contributed by atoms with Crippen LogP contribution in [-0.4, -0.2) is 14.3 Å². The molecule has 0 unspecified atom stereocenters. The molecule has 0 aliphatic carbocycles. The molecule has 1 amide bonds. The first-order valence-corrected chi connectivity index (χ1v) is 9.42. The minimum atomic E-state index is -5.30. The fourth-order valence-electron chi connectivity index (χ4n) is 1.82. The Bertz CT molecular complexity index is 950. The molecular formula is C13H6BrF6NO3S2. The molecule has 142 valence electrons. The van der Waals surface area contributed by atoms with Crippen molar-refractivity contribution >= 4 is 43.2 Å². The molecule has 0 bridgehead atoms. The van der Waals surface area contributed by atoms with Crippen LogP contribution in [0.3, 0.4) is 0 Å². The number of sulfonamides is 1. The molecule has 0 aliphatic heterocycles. The summed E-state index contributed by atoms with van der Waals surface area (Å²) in [6, 6.07) is 2.73. The summed E-state index contributed by atoms with van der Waals surface area (Å²) in [6.07, 6.45) is -10.4. The smallest absolute Gasteiger partial charge is 0.268 e. The van der Waals surface area contributed by atoms with Gasteiger partial charge in [-0.15, -0.1) is 11.3 Å². The van der Waals surface area contributed by atoms with Gasteiger partial charge >= 0.3 is 12.4 Å². The summed E-state index contributed by atoms with van der Waals surface area (Å²) >= 11 is 3.68. The minimum absolute atomic E-state index is 0.247. The molecule has 0 saturated heterocycles. The minimum Gasteiger partial charge on any atom is -0.268 e. The Morgan fingerprint density at radius 1 is 1.00 bits per heavy atom. The van der Waals surface area contributed by atoms with Gasteiger partial charge in [0.1, 0.15) is 4.21 Å². The summed E-state index contributed by atoms with van der Waals surface area (Å²) in [7, 11) is -4.49. The number of amides is 1. The number of carbonyl (C=O) groups excluding carboxylic acids is 1. The van der Waals surface area contributed by atoms with E-state index in [0.29, 0.717) is 15.1 Å². The van der Waals surface area contributed by atoms with Crippen LogP contribution in [0.4, 0.5) is 26.3 Å². The van der Waals surface area contributed by atoms with Crippen LogP contribution < -0.4 is 4.72 Å². The fraction of sp³-hybridized carbons (Fsp3) is 0.154. The van der Waals surface area contributed by atoms with Crippen molar-refractivity contribution < 1.29 is 39.6 Å². The highest BCUT2D eigenvalue weighted by Gasteiger charge is 2.40. The average molecular weight is 482 g/mol. The number of nitrogens with one attached hydrogen (secondary N) is 1. The van der Waals surface area contributed by atoms with Crippen LogP contribution in [0.1, 0.15) is 21.5 Å². The Labute approximate surface area is 155 Å². The molecule has 2 rings (SSSR count). The number of hydrogen-bond acceptors (Lipinski definition) is 4. The Kier molecular flexibility index (Phi) is 5.46. The van der Waals surface area contributed by atoms with Crippen LogP contribution in [0, 0.1) is 0 Å². The van der Waals surface area contributed by atoms with Crippen LogP contribution in [0.15, 0.2) is 38.3 Å². The van der Waals surface area contributed by atoms with Crippen molar-refractivity contribution in [3.63, 3.8) is 0 Å². The maximum absolute atomic E-state index is 13.0. The first kappa shape index (κ1) is 20.7. The van der Waals surface area contributed by atoms with E-state index >= 15 is 0 Å². The third kappa shape index (κ3) is 4.57. The molecule has 1 N–H and O–H groups in total. The van der Waals surface area contributed by atoms with Gasteiger partial charge in [0, 0.05) is 0 Å². The van der Waals surface area contributed by atoms with Crippen molar-refractivity contribution in [2.24, 2.45) is 0 Å². The SMILES string of the molecule is O=C(NS(=O)(=O)c1ccc(Br)s1)c1ccc(C(F)(F)F)cc1C(F)(F)F. The molecule has 0 atom stereocenters. The van der Waals surface area contributed by atoms with E-state index in [1.54, 1.807) is 0 Å². The van der Waals surface area contributed by atoms with E-state index < -0.39 is 45.0 Å². The fourth-order valence-corrected chi connectivity index (χ4v) is 4.80. The second kappa shape index (κ2) is 6.85. The van der Waals surface area contributed by atoms with Crippen LogP contribution in [0.25, 0.3) is 0 Å². The van der Waals surface area contributed by atoms with E-state index in [4.69, 9.17) is 0 Å². The van der Waals surface area contributed by atoms with E-state index in [2.05, 4.69) is 15.9 Å². The number of halogens is 7. The monoisotopic (exact) mass is 481 g/mol. The van der Waals surface area contributed by atoms with E-state index in [1.807, 2.05) is 0 Å². The lowest BCUT2D eigenvalue weighted by molar-refractivity contribution is -0.143. The zero-order valence-electron chi connectivity index (χ0n) is 12.1. The molecule has 4 nitrogen and oxygen atoms in total. The summed E-state index contributed by atoms with van der Waals surface area (Å²) in [5, 5.41) is 0. The van der Waals surface area contributed by atoms with Crippen LogP contribution in [-0.2, 0) is 22.4 Å². The first-order chi connectivity index (χ1) is 11.7. The summed E-state index contributed by atoms with van der Waals surface area (Å²) in [5.41, 5.74) is -4.76. The number of hydrogen-bond donors (Lipinski definition) is 1. The zero-order chi connectivity index (χ0) is 19.9. The average Bonchev–Trinajstić information content (AvgIpc) is 2.92. The highest BCUT2D eigenvalue weighted by atomic mass is 79.9. The lowest BCUT2D eigenvalue weighted by Crippen LogP contribution is -2.32. The van der Waals surface area contributed by atoms with Crippen molar-refractivity contribution in [2.75, 3.05) is 0 Å². The van der Waals surface area contributed by atoms with Crippen molar-refractivity contribution in [3.05, 3.63) is 50.8 Å². The standard InChI is InChI=1S/C13H6BrF6NO3S2/c14-9-3-4-10(25-9)26(23,24)21-11(22)7-2-1-6(12(15,16)17)5-8(7)13(18,19)20/h1-5H,(H,21,22). The maximum atomic E-state index is 13.0. The van der Waals surface area contributed by atoms with E-state index in [0.717, 1.165) is 6.07 Å². The Hall–Kier alpha value is -1.60. The maximum Gasteiger partial charge on any atom is 0.417 e. The van der Waals surface area contributed by atoms with E-state index in [9.17, 15) is 39.6 Å². The van der Waals surface area contributed by atoms with Gasteiger partial charge < -0.3 is 0 Å². The molecular weight excluding hydrogens is 476 g/mol. The largest absolute Gasteiger partial charge is 0.417 e. The van der Waals surface area contributed by atoms with Crippen molar-refractivity contribution in [1.82, 2.24) is 4.72 Å². The third-order valence-electron chi connectivity index (χ3n) is 2.94. The zero-order valence-corrected chi connectivity index (χ0v) is 15.3. The van der Waals surface area contributed by atoms with Gasteiger partial charge in [-0.2, -0.15) is 26.3 Å². The van der Waals surface area contributed by atoms with E-state index in [1.165, 1.54) is 10.8 Å². The van der Waals surface area contributed by atoms with Crippen molar-refractivity contribution in [2.45, 2.75) is 16.6 Å². The molecule has 1 aromatic carbocycles. The van der Waals surface area contributed by atoms with Gasteiger partial charge in [-0.1, -0.05) is 0 Å². The second-order valence-electron chi connectivity index (χ2n) is 4.75. The number of carbonyl (C=O) groups is 1. The predicted molar refractivity (Wildman–Crippen MR) is 83.1 cm³/mol. The number of thiophene rings is 1. The Morgan fingerprint density at radius 3 is 2.08 bits per heavy atom. The number of alkyl halides is 6. The van der Waals surface area contributed by atoms with Gasteiger partial charge in [-0.25, -0.2) is 13.1 Å². The molecule has 26 heavy (non-hydrogen) atoms. The normalized spacial score (nSPS) is 12.9. The van der Waals surface area contributed by atoms with Crippen LogP contribution in [0.5, 0.6) is 0 Å². The van der Waals surface area contributed by atoms with Gasteiger partial charge in [-0.05, 0) is 46.3 Å². The van der Waals surface area contributed by atoms with Crippen molar-refractivity contribution in [1.29, 1.82) is 0 Å². The van der Waals surface area contributed by atoms with Gasteiger partial charge in [0.15, 0.2) is 0 Å². The van der Waals surface area contributed by atoms with Gasteiger partial charge in [-0.3, -0.25) is 4.79 Å². The summed E-state index contributed by atoms with van der Waals surface area (Å²) in [5.74, 6) is -1.70. The third-order valence-corrected chi connectivity index (χ3v) is 6.38. The predicted octanol–water partition coefficient (Wildman–Crippen LogP) is 4.67. The molecule has 13 heteroatoms. The highest BCUT2D eigenvalue weighted by Crippen LogP contribution is 2.37. The summed E-state index contributed by atoms with van der Waals surface area (Å²) in [6.45, 7) is 0. The molecule has 0 radical (unpaired) electrons. The number of rotatable bonds is 3. The molecule has 1 aromatic heterocycles. The van der Waals surface area contributed by atoms with Gasteiger partial charge in [0.25, 0.3) is 15.9 Å². The first-order valence-electron chi connectivity index (χ1n) is 6.33. The molecule has 2 aromatic rings. The summed E-state index contributed by atoms with van der Waals surface area (Å²) < 4.78 is 102. The van der Waals surface area contributed by atoms with Gasteiger partial charge in [0.05, 0.1) is 20.5 Å². The quantitative estimate of drug-likeness (QED) is 0.648. The number of benzene rings is 1. The van der Waals surface area contributed by atoms with E-state index in [-0.39, 0.29) is 22.4 Å². The molecule has 0 aliphatic rings. The Morgan fingerprint density at radius 2 is 1.62 bits per heavy atom. The van der Waals surface area contributed by atoms with Crippen LogP contribution >= 0.6 is 27.3 Å². The molecule has 0 spiro atoms. The molecule has 0 saturated carbocycles. The summed E-state index contributed by atoms with van der Waals surface area (Å²) in [4.78, 5) is 12.0. The second-order valence-corrected chi connectivity index (χ2v) is 9.12. The Balaban J connectivity index is 2.46.